The lowest BCUT2D eigenvalue weighted by atomic mass is 10.1. The average Bonchev–Trinajstić information content (AvgIpc) is 3.33. The zero-order valence-electron chi connectivity index (χ0n) is 13.7. The summed E-state index contributed by atoms with van der Waals surface area (Å²) in [5.41, 5.74) is 8.10. The Morgan fingerprint density at radius 3 is 2.88 bits per heavy atom. The van der Waals surface area contributed by atoms with E-state index in [1.165, 1.54) is 11.3 Å². The highest BCUT2D eigenvalue weighted by Gasteiger charge is 2.23. The van der Waals surface area contributed by atoms with Crippen LogP contribution in [0.15, 0.2) is 30.0 Å². The minimum atomic E-state index is -0.364. The molecule has 4 heterocycles. The summed E-state index contributed by atoms with van der Waals surface area (Å²) < 4.78 is 0. The van der Waals surface area contributed by atoms with Crippen LogP contribution < -0.4 is 10.6 Å². The first kappa shape index (κ1) is 16.4. The van der Waals surface area contributed by atoms with Gasteiger partial charge in [-0.1, -0.05) is 0 Å². The topological polar surface area (TPSA) is 125 Å². The molecule has 1 saturated heterocycles. The van der Waals surface area contributed by atoms with Gasteiger partial charge in [0, 0.05) is 24.7 Å². The quantitative estimate of drug-likeness (QED) is 0.718. The third-order valence-corrected chi connectivity index (χ3v) is 4.96. The molecule has 0 amide bonds. The maximum atomic E-state index is 9.74. The van der Waals surface area contributed by atoms with E-state index < -0.39 is 0 Å². The minimum Gasteiger partial charge on any atom is -0.398 e. The van der Waals surface area contributed by atoms with E-state index in [0.717, 1.165) is 0 Å². The van der Waals surface area contributed by atoms with Gasteiger partial charge in [0.2, 0.25) is 0 Å². The van der Waals surface area contributed by atoms with Gasteiger partial charge in [-0.25, -0.2) is 15.0 Å². The van der Waals surface area contributed by atoms with Crippen molar-refractivity contribution < 1.29 is 5.11 Å². The van der Waals surface area contributed by atoms with Crippen molar-refractivity contribution in [2.75, 3.05) is 23.7 Å². The Morgan fingerprint density at radius 1 is 1.31 bits per heavy atom. The van der Waals surface area contributed by atoms with E-state index >= 15 is 0 Å². The van der Waals surface area contributed by atoms with Gasteiger partial charge >= 0.3 is 0 Å². The summed E-state index contributed by atoms with van der Waals surface area (Å²) >= 11 is 1.44. The summed E-state index contributed by atoms with van der Waals surface area (Å²) in [6.07, 6.45) is 5.22. The fourth-order valence-corrected chi connectivity index (χ4v) is 3.50. The zero-order chi connectivity index (χ0) is 18.1. The molecule has 4 rings (SSSR count). The summed E-state index contributed by atoms with van der Waals surface area (Å²) in [5, 5.41) is 21.8. The van der Waals surface area contributed by atoms with Crippen LogP contribution >= 0.6 is 11.3 Å². The van der Waals surface area contributed by atoms with Crippen LogP contribution in [0.5, 0.6) is 0 Å². The Balaban J connectivity index is 1.81. The molecule has 1 fully saturated rings. The summed E-state index contributed by atoms with van der Waals surface area (Å²) in [7, 11) is 0. The lowest BCUT2D eigenvalue weighted by molar-refractivity contribution is 0.198. The van der Waals surface area contributed by atoms with E-state index in [1.807, 2.05) is 10.3 Å². The van der Waals surface area contributed by atoms with Crippen molar-refractivity contribution >= 4 is 22.8 Å². The van der Waals surface area contributed by atoms with Crippen LogP contribution in [0, 0.1) is 11.3 Å². The predicted octanol–water partition coefficient (Wildman–Crippen LogP) is 1.69. The van der Waals surface area contributed by atoms with Crippen LogP contribution in [0.2, 0.25) is 0 Å². The molecule has 8 nitrogen and oxygen atoms in total. The van der Waals surface area contributed by atoms with Crippen LogP contribution in [0.1, 0.15) is 12.0 Å². The SMILES string of the molecule is N#Cc1c(N)cc(-c2nccs2)nc1-c1cncc(N2CCC(O)C2)n1. The number of hydrogen-bond acceptors (Lipinski definition) is 9. The number of aromatic nitrogens is 4. The van der Waals surface area contributed by atoms with Crippen molar-refractivity contribution in [3.05, 3.63) is 35.6 Å². The summed E-state index contributed by atoms with van der Waals surface area (Å²) in [6, 6.07) is 3.75. The summed E-state index contributed by atoms with van der Waals surface area (Å²) in [4.78, 5) is 19.6. The molecule has 1 aliphatic rings. The standard InChI is InChI=1S/C17H15N7OS/c18-6-11-12(19)5-13(17-21-2-4-26-17)23-16(11)14-7-20-8-15(22-14)24-3-1-10(25)9-24/h2,4-5,7-8,10,25H,1,3,9H2,(H2,19,23). The van der Waals surface area contributed by atoms with Gasteiger partial charge in [-0.2, -0.15) is 5.26 Å². The van der Waals surface area contributed by atoms with Crippen molar-refractivity contribution in [2.24, 2.45) is 0 Å². The van der Waals surface area contributed by atoms with Crippen molar-refractivity contribution in [3.63, 3.8) is 0 Å². The van der Waals surface area contributed by atoms with E-state index in [-0.39, 0.29) is 11.7 Å². The van der Waals surface area contributed by atoms with Crippen molar-refractivity contribution in [2.45, 2.75) is 12.5 Å². The zero-order valence-corrected chi connectivity index (χ0v) is 14.5. The average molecular weight is 365 g/mol. The lowest BCUT2D eigenvalue weighted by Gasteiger charge is -2.17. The number of nitriles is 1. The highest BCUT2D eigenvalue weighted by Crippen LogP contribution is 2.31. The predicted molar refractivity (Wildman–Crippen MR) is 98.3 cm³/mol. The Hall–Kier alpha value is -3.09. The second-order valence-electron chi connectivity index (χ2n) is 5.92. The summed E-state index contributed by atoms with van der Waals surface area (Å²) in [6.45, 7) is 1.22. The Kier molecular flexibility index (Phi) is 4.20. The van der Waals surface area contributed by atoms with Gasteiger partial charge in [-0.15, -0.1) is 11.3 Å². The number of rotatable bonds is 3. The number of β-amino-alcohol motifs (C(OH)–C–C–N with tert-alkyl or cyclic N) is 1. The van der Waals surface area contributed by atoms with Gasteiger partial charge in [-0.3, -0.25) is 4.98 Å². The van der Waals surface area contributed by atoms with Crippen LogP contribution in [0.25, 0.3) is 22.1 Å². The number of thiazole rings is 1. The minimum absolute atomic E-state index is 0.262. The number of pyridine rings is 1. The number of nitrogen functional groups attached to an aromatic ring is 1. The van der Waals surface area contributed by atoms with Gasteiger partial charge in [-0.05, 0) is 12.5 Å². The third kappa shape index (κ3) is 2.96. The molecule has 0 aromatic carbocycles. The Labute approximate surface area is 153 Å². The fraction of sp³-hybridized carbons (Fsp3) is 0.235. The second kappa shape index (κ2) is 6.67. The smallest absolute Gasteiger partial charge is 0.147 e. The molecule has 9 heteroatoms. The lowest BCUT2D eigenvalue weighted by Crippen LogP contribution is -2.22. The molecular weight excluding hydrogens is 350 g/mol. The van der Waals surface area contributed by atoms with E-state index in [4.69, 9.17) is 5.73 Å². The molecule has 3 N–H and O–H groups in total. The van der Waals surface area contributed by atoms with Crippen LogP contribution in [-0.4, -0.2) is 44.2 Å². The van der Waals surface area contributed by atoms with Crippen LogP contribution in [-0.2, 0) is 0 Å². The fourth-order valence-electron chi connectivity index (χ4n) is 2.90. The molecule has 1 aliphatic heterocycles. The molecule has 0 saturated carbocycles. The van der Waals surface area contributed by atoms with E-state index in [9.17, 15) is 10.4 Å². The molecule has 0 bridgehead atoms. The molecular formula is C17H15N7OS. The maximum absolute atomic E-state index is 9.74. The molecule has 3 aromatic heterocycles. The molecule has 0 radical (unpaired) electrons. The molecule has 1 unspecified atom stereocenters. The highest BCUT2D eigenvalue weighted by atomic mass is 32.1. The summed E-state index contributed by atoms with van der Waals surface area (Å²) in [5.74, 6) is 0.642. The number of nitrogens with zero attached hydrogens (tertiary/aromatic N) is 6. The van der Waals surface area contributed by atoms with E-state index in [2.05, 4.69) is 26.0 Å². The van der Waals surface area contributed by atoms with Gasteiger partial charge in [0.25, 0.3) is 0 Å². The first-order valence-corrected chi connectivity index (χ1v) is 8.89. The number of anilines is 2. The number of hydrogen-bond donors (Lipinski definition) is 2. The van der Waals surface area contributed by atoms with E-state index in [1.54, 1.807) is 24.7 Å². The molecule has 0 aliphatic carbocycles. The number of aliphatic hydroxyl groups is 1. The molecule has 130 valence electrons. The second-order valence-corrected chi connectivity index (χ2v) is 6.81. The number of nitrogens with two attached hydrogens (primary N) is 1. The van der Waals surface area contributed by atoms with Crippen molar-refractivity contribution in [1.29, 1.82) is 5.26 Å². The first-order chi connectivity index (χ1) is 12.7. The molecule has 26 heavy (non-hydrogen) atoms. The molecule has 1 atom stereocenters. The van der Waals surface area contributed by atoms with Gasteiger partial charge < -0.3 is 15.7 Å². The highest BCUT2D eigenvalue weighted by molar-refractivity contribution is 7.13. The Bertz CT molecular complexity index is 983. The normalized spacial score (nSPS) is 16.6. The first-order valence-electron chi connectivity index (χ1n) is 8.01. The molecule has 3 aromatic rings. The third-order valence-electron chi connectivity index (χ3n) is 4.17. The van der Waals surface area contributed by atoms with Gasteiger partial charge in [0.1, 0.15) is 39.5 Å². The molecule has 0 spiro atoms. The Morgan fingerprint density at radius 2 is 2.19 bits per heavy atom. The monoisotopic (exact) mass is 365 g/mol. The van der Waals surface area contributed by atoms with Crippen LogP contribution in [0.3, 0.4) is 0 Å². The van der Waals surface area contributed by atoms with Crippen molar-refractivity contribution in [3.8, 4) is 28.2 Å². The maximum Gasteiger partial charge on any atom is 0.147 e. The van der Waals surface area contributed by atoms with Gasteiger partial charge in [0.05, 0.1) is 24.2 Å². The largest absolute Gasteiger partial charge is 0.398 e. The van der Waals surface area contributed by atoms with Gasteiger partial charge in [0.15, 0.2) is 0 Å². The van der Waals surface area contributed by atoms with Crippen molar-refractivity contribution in [1.82, 2.24) is 19.9 Å². The van der Waals surface area contributed by atoms with Crippen LogP contribution in [0.4, 0.5) is 11.5 Å². The number of aliphatic hydroxyl groups excluding tert-OH is 1. The van der Waals surface area contributed by atoms with E-state index in [0.29, 0.717) is 53.1 Å².